The van der Waals surface area contributed by atoms with E-state index >= 15 is 0 Å². The SMILES string of the molecule is C=c1sc(=CN(C)C)c(O)c1C(=O)OCC. The first kappa shape index (κ1) is 12.6. The zero-order chi connectivity index (χ0) is 12.3. The topological polar surface area (TPSA) is 49.8 Å². The Kier molecular flexibility index (Phi) is 3.95. The summed E-state index contributed by atoms with van der Waals surface area (Å²) in [5.74, 6) is -0.582. The molecule has 0 fully saturated rings. The van der Waals surface area contributed by atoms with Gasteiger partial charge in [0.05, 0.1) is 11.1 Å². The van der Waals surface area contributed by atoms with E-state index in [1.165, 1.54) is 11.3 Å². The van der Waals surface area contributed by atoms with E-state index in [1.807, 2.05) is 14.1 Å². The van der Waals surface area contributed by atoms with Crippen molar-refractivity contribution in [2.75, 3.05) is 20.7 Å². The lowest BCUT2D eigenvalue weighted by Crippen LogP contribution is -2.12. The van der Waals surface area contributed by atoms with Crippen molar-refractivity contribution in [2.45, 2.75) is 6.92 Å². The molecule has 1 N–H and O–H groups in total. The number of hydrogen-bond donors (Lipinski definition) is 1. The highest BCUT2D eigenvalue weighted by atomic mass is 32.1. The Labute approximate surface area is 98.1 Å². The Balaban J connectivity index is 3.28. The van der Waals surface area contributed by atoms with Gasteiger partial charge in [0, 0.05) is 24.8 Å². The largest absolute Gasteiger partial charge is 0.505 e. The molecule has 5 heteroatoms. The van der Waals surface area contributed by atoms with Crippen LogP contribution in [0, 0.1) is 0 Å². The van der Waals surface area contributed by atoms with Crippen LogP contribution in [-0.4, -0.2) is 36.7 Å². The fourth-order valence-corrected chi connectivity index (χ4v) is 2.23. The summed E-state index contributed by atoms with van der Waals surface area (Å²) in [6.07, 6.45) is 1.73. The average molecular weight is 241 g/mol. The Hall–Kier alpha value is -1.49. The van der Waals surface area contributed by atoms with Gasteiger partial charge in [0.15, 0.2) is 0 Å². The maximum atomic E-state index is 11.5. The number of carbonyl (C=O) groups is 1. The fraction of sp³-hybridized carbons (Fsp3) is 0.364. The average Bonchev–Trinajstić information content (AvgIpc) is 2.41. The zero-order valence-corrected chi connectivity index (χ0v) is 10.4. The van der Waals surface area contributed by atoms with Crippen LogP contribution < -0.4 is 9.06 Å². The van der Waals surface area contributed by atoms with Crippen molar-refractivity contribution in [3.63, 3.8) is 0 Å². The van der Waals surface area contributed by atoms with Crippen LogP contribution in [0.5, 0.6) is 5.75 Å². The van der Waals surface area contributed by atoms with Crippen LogP contribution in [0.1, 0.15) is 17.3 Å². The van der Waals surface area contributed by atoms with Gasteiger partial charge in [0.1, 0.15) is 11.3 Å². The summed E-state index contributed by atoms with van der Waals surface area (Å²) in [6, 6.07) is 0. The summed E-state index contributed by atoms with van der Waals surface area (Å²) >= 11 is 1.26. The Bertz CT molecular complexity index is 490. The molecule has 0 amide bonds. The predicted octanol–water partition coefficient (Wildman–Crippen LogP) is 0.340. The van der Waals surface area contributed by atoms with Crippen LogP contribution in [0.15, 0.2) is 0 Å². The Morgan fingerprint density at radius 2 is 2.25 bits per heavy atom. The quantitative estimate of drug-likeness (QED) is 0.775. The number of hydrogen-bond acceptors (Lipinski definition) is 5. The zero-order valence-electron chi connectivity index (χ0n) is 9.61. The smallest absolute Gasteiger partial charge is 0.343 e. The molecule has 0 spiro atoms. The van der Waals surface area contributed by atoms with E-state index < -0.39 is 5.97 Å². The molecular weight excluding hydrogens is 226 g/mol. The minimum absolute atomic E-state index is 0.0536. The van der Waals surface area contributed by atoms with Gasteiger partial charge in [-0.1, -0.05) is 6.58 Å². The molecule has 0 saturated heterocycles. The molecule has 1 heterocycles. The number of esters is 1. The van der Waals surface area contributed by atoms with E-state index in [0.717, 1.165) is 0 Å². The van der Waals surface area contributed by atoms with E-state index in [2.05, 4.69) is 6.58 Å². The second-order valence-corrected chi connectivity index (χ2v) is 4.56. The van der Waals surface area contributed by atoms with Crippen molar-refractivity contribution in [2.24, 2.45) is 0 Å². The van der Waals surface area contributed by atoms with E-state index in [4.69, 9.17) is 4.74 Å². The van der Waals surface area contributed by atoms with Gasteiger partial charge < -0.3 is 14.7 Å². The minimum atomic E-state index is -0.528. The maximum absolute atomic E-state index is 11.5. The second kappa shape index (κ2) is 5.03. The molecule has 0 aliphatic carbocycles. The van der Waals surface area contributed by atoms with Crippen molar-refractivity contribution in [3.05, 3.63) is 14.6 Å². The highest BCUT2D eigenvalue weighted by molar-refractivity contribution is 7.08. The van der Waals surface area contributed by atoms with Gasteiger partial charge in [0.2, 0.25) is 0 Å². The molecule has 1 rings (SSSR count). The number of thiophene rings is 1. The highest BCUT2D eigenvalue weighted by Crippen LogP contribution is 2.11. The highest BCUT2D eigenvalue weighted by Gasteiger charge is 2.17. The molecule has 16 heavy (non-hydrogen) atoms. The number of carbonyl (C=O) groups excluding carboxylic acids is 1. The molecule has 0 aliphatic rings. The van der Waals surface area contributed by atoms with Crippen LogP contribution in [-0.2, 0) is 4.74 Å². The minimum Gasteiger partial charge on any atom is -0.505 e. The van der Waals surface area contributed by atoms with Crippen LogP contribution in [0.2, 0.25) is 0 Å². The third-order valence-electron chi connectivity index (χ3n) is 1.84. The molecule has 4 nitrogen and oxygen atoms in total. The lowest BCUT2D eigenvalue weighted by Gasteiger charge is -2.02. The van der Waals surface area contributed by atoms with Gasteiger partial charge in [-0.05, 0) is 6.92 Å². The third kappa shape index (κ3) is 2.55. The van der Waals surface area contributed by atoms with Crippen LogP contribution in [0.4, 0.5) is 0 Å². The monoisotopic (exact) mass is 241 g/mol. The third-order valence-corrected chi connectivity index (χ3v) is 2.81. The lowest BCUT2D eigenvalue weighted by molar-refractivity contribution is 0.0522. The first-order valence-electron chi connectivity index (χ1n) is 4.83. The van der Waals surface area contributed by atoms with E-state index in [-0.39, 0.29) is 17.9 Å². The number of rotatable bonds is 3. The molecule has 0 aliphatic heterocycles. The van der Waals surface area contributed by atoms with Crippen molar-refractivity contribution in [3.8, 4) is 5.75 Å². The summed E-state index contributed by atoms with van der Waals surface area (Å²) in [7, 11) is 3.68. The molecule has 0 unspecified atom stereocenters. The summed E-state index contributed by atoms with van der Waals surface area (Å²) in [6.45, 7) is 5.73. The van der Waals surface area contributed by atoms with Gasteiger partial charge in [0.25, 0.3) is 0 Å². The molecule has 0 saturated carbocycles. The molecular formula is C11H15NO3S. The summed E-state index contributed by atoms with van der Waals surface area (Å²) < 4.78 is 5.98. The predicted molar refractivity (Wildman–Crippen MR) is 64.9 cm³/mol. The molecule has 0 bridgehead atoms. The molecule has 0 aromatic carbocycles. The normalized spacial score (nSPS) is 11.6. The van der Waals surface area contributed by atoms with Crippen molar-refractivity contribution >= 4 is 30.1 Å². The molecule has 0 atom stereocenters. The van der Waals surface area contributed by atoms with Gasteiger partial charge in [-0.2, -0.15) is 0 Å². The van der Waals surface area contributed by atoms with Crippen LogP contribution in [0.3, 0.4) is 0 Å². The van der Waals surface area contributed by atoms with Crippen molar-refractivity contribution < 1.29 is 14.6 Å². The van der Waals surface area contributed by atoms with Crippen LogP contribution >= 0.6 is 11.3 Å². The number of aromatic hydroxyl groups is 1. The fourth-order valence-electron chi connectivity index (χ4n) is 1.22. The van der Waals surface area contributed by atoms with Gasteiger partial charge in [-0.3, -0.25) is 0 Å². The van der Waals surface area contributed by atoms with Crippen LogP contribution in [0.25, 0.3) is 12.8 Å². The molecule has 88 valence electrons. The number of ether oxygens (including phenoxy) is 1. The first-order chi connectivity index (χ1) is 7.47. The summed E-state index contributed by atoms with van der Waals surface area (Å²) in [5, 5.41) is 9.87. The van der Waals surface area contributed by atoms with Gasteiger partial charge >= 0.3 is 5.97 Å². The standard InChI is InChI=1S/C11H15NO3S/c1-5-15-11(14)9-7(2)16-8(10(9)13)6-12(3)4/h6,13H,2,5H2,1,3-4H3. The molecule has 0 radical (unpaired) electrons. The van der Waals surface area contributed by atoms with E-state index in [0.29, 0.717) is 9.06 Å². The number of nitrogens with zero attached hydrogens (tertiary/aromatic N) is 1. The Morgan fingerprint density at radius 3 is 2.75 bits per heavy atom. The lowest BCUT2D eigenvalue weighted by atomic mass is 10.3. The second-order valence-electron chi connectivity index (χ2n) is 3.43. The molecule has 1 aromatic heterocycles. The Morgan fingerprint density at radius 1 is 1.62 bits per heavy atom. The maximum Gasteiger partial charge on any atom is 0.343 e. The van der Waals surface area contributed by atoms with E-state index in [9.17, 15) is 9.90 Å². The van der Waals surface area contributed by atoms with E-state index in [1.54, 1.807) is 18.0 Å². The van der Waals surface area contributed by atoms with Gasteiger partial charge in [-0.25, -0.2) is 4.79 Å². The van der Waals surface area contributed by atoms with Crippen molar-refractivity contribution in [1.82, 2.24) is 4.90 Å². The summed E-state index contributed by atoms with van der Waals surface area (Å²) in [4.78, 5) is 13.3. The van der Waals surface area contributed by atoms with Crippen molar-refractivity contribution in [1.29, 1.82) is 0 Å². The summed E-state index contributed by atoms with van der Waals surface area (Å²) in [5.41, 5.74) is 0.167. The first-order valence-corrected chi connectivity index (χ1v) is 5.65. The molecule has 1 aromatic rings. The van der Waals surface area contributed by atoms with Gasteiger partial charge in [-0.15, -0.1) is 11.3 Å².